The summed E-state index contributed by atoms with van der Waals surface area (Å²) in [6.07, 6.45) is 7.70. The lowest BCUT2D eigenvalue weighted by molar-refractivity contribution is -0.133. The average Bonchev–Trinajstić information content (AvgIpc) is 2.93. The van der Waals surface area contributed by atoms with E-state index in [4.69, 9.17) is 6.42 Å². The molecular weight excluding hydrogens is 502 g/mol. The van der Waals surface area contributed by atoms with Crippen molar-refractivity contribution >= 4 is 32.7 Å². The molecule has 0 radical (unpaired) electrons. The van der Waals surface area contributed by atoms with Crippen molar-refractivity contribution in [1.82, 2.24) is 24.3 Å². The van der Waals surface area contributed by atoms with Crippen molar-refractivity contribution in [3.63, 3.8) is 0 Å². The number of piperazine rings is 1. The Morgan fingerprint density at radius 2 is 1.66 bits per heavy atom. The Labute approximate surface area is 225 Å². The molecule has 204 valence electrons. The smallest absolute Gasteiger partial charge is 0.318 e. The molecule has 0 spiro atoms. The van der Waals surface area contributed by atoms with Crippen LogP contribution in [0.25, 0.3) is 10.8 Å². The number of urea groups is 1. The van der Waals surface area contributed by atoms with Crippen molar-refractivity contribution in [2.75, 3.05) is 58.6 Å². The number of nitrogens with one attached hydrogen (secondary N) is 1. The lowest BCUT2D eigenvalue weighted by Crippen LogP contribution is -2.56. The number of nitrogens with zero attached hydrogens (tertiary/aromatic N) is 4. The fourth-order valence-electron chi connectivity index (χ4n) is 5.52. The van der Waals surface area contributed by atoms with Gasteiger partial charge in [-0.1, -0.05) is 48.4 Å². The summed E-state index contributed by atoms with van der Waals surface area (Å²) in [7, 11) is -3.58. The highest BCUT2D eigenvalue weighted by Crippen LogP contribution is 2.31. The maximum absolute atomic E-state index is 13.1. The minimum absolute atomic E-state index is 0.154. The normalized spacial score (nSPS) is 18.4. The quantitative estimate of drug-likeness (QED) is 0.544. The van der Waals surface area contributed by atoms with Crippen molar-refractivity contribution in [1.29, 1.82) is 0 Å². The Morgan fingerprint density at radius 1 is 1.03 bits per heavy atom. The minimum atomic E-state index is -3.58. The van der Waals surface area contributed by atoms with Gasteiger partial charge in [-0.05, 0) is 36.1 Å². The van der Waals surface area contributed by atoms with Gasteiger partial charge >= 0.3 is 6.03 Å². The zero-order valence-electron chi connectivity index (χ0n) is 22.2. The second-order valence-electron chi connectivity index (χ2n) is 10.1. The van der Waals surface area contributed by atoms with Crippen molar-refractivity contribution in [2.24, 2.45) is 0 Å². The lowest BCUT2D eigenvalue weighted by atomic mass is 9.96. The van der Waals surface area contributed by atoms with Gasteiger partial charge in [0, 0.05) is 51.4 Å². The number of carbonyl (C=O) groups is 2. The van der Waals surface area contributed by atoms with Gasteiger partial charge in [0.15, 0.2) is 0 Å². The molecule has 2 fully saturated rings. The fraction of sp³-hybridized carbons (Fsp3) is 0.500. The number of piperidine rings is 1. The maximum Gasteiger partial charge on any atom is 0.318 e. The first-order valence-electron chi connectivity index (χ1n) is 13.1. The molecule has 2 aromatic carbocycles. The number of terminal acetylenes is 1. The van der Waals surface area contributed by atoms with E-state index in [1.165, 1.54) is 26.9 Å². The molecule has 1 atom stereocenters. The molecule has 9 nitrogen and oxygen atoms in total. The zero-order valence-corrected chi connectivity index (χ0v) is 23.0. The van der Waals surface area contributed by atoms with Gasteiger partial charge in [0.25, 0.3) is 0 Å². The lowest BCUT2D eigenvalue weighted by Gasteiger charge is -2.41. The van der Waals surface area contributed by atoms with Gasteiger partial charge in [0.2, 0.25) is 15.9 Å². The van der Waals surface area contributed by atoms with Crippen LogP contribution in [0.3, 0.4) is 0 Å². The predicted octanol–water partition coefficient (Wildman–Crippen LogP) is 2.11. The van der Waals surface area contributed by atoms with Crippen LogP contribution in [-0.4, -0.2) is 104 Å². The van der Waals surface area contributed by atoms with Crippen LogP contribution in [-0.2, 0) is 14.8 Å². The molecule has 2 aliphatic rings. The summed E-state index contributed by atoms with van der Waals surface area (Å²) in [6.45, 7) is 5.17. The van der Waals surface area contributed by atoms with Crippen LogP contribution >= 0.6 is 0 Å². The summed E-state index contributed by atoms with van der Waals surface area (Å²) in [5.74, 6) is 2.14. The topological polar surface area (TPSA) is 93.3 Å². The molecule has 0 bridgehead atoms. The number of hydrogen-bond donors (Lipinski definition) is 1. The number of benzene rings is 2. The van der Waals surface area contributed by atoms with E-state index in [-0.39, 0.29) is 37.1 Å². The van der Waals surface area contributed by atoms with Crippen LogP contribution in [0.5, 0.6) is 0 Å². The number of carbonyl (C=O) groups excluding carboxylic acids is 2. The van der Waals surface area contributed by atoms with Gasteiger partial charge in [0.05, 0.1) is 19.3 Å². The summed E-state index contributed by atoms with van der Waals surface area (Å²) >= 11 is 0. The summed E-state index contributed by atoms with van der Waals surface area (Å²) in [5, 5.41) is 5.08. The van der Waals surface area contributed by atoms with E-state index >= 15 is 0 Å². The van der Waals surface area contributed by atoms with Crippen LogP contribution in [0.4, 0.5) is 4.79 Å². The first-order valence-corrected chi connectivity index (χ1v) is 15.0. The molecule has 2 aliphatic heterocycles. The van der Waals surface area contributed by atoms with Crippen molar-refractivity contribution in [2.45, 2.75) is 31.8 Å². The minimum Gasteiger partial charge on any atom is -0.338 e. The Kier molecular flexibility index (Phi) is 8.92. The summed E-state index contributed by atoms with van der Waals surface area (Å²) in [5.41, 5.74) is 1.27. The van der Waals surface area contributed by atoms with Crippen molar-refractivity contribution < 1.29 is 18.0 Å². The molecule has 38 heavy (non-hydrogen) atoms. The molecule has 0 aromatic heterocycles. The van der Waals surface area contributed by atoms with Gasteiger partial charge in [-0.25, -0.2) is 13.2 Å². The number of likely N-dealkylation sites (tertiary alicyclic amines) is 1. The molecule has 1 N–H and O–H groups in total. The van der Waals surface area contributed by atoms with Crippen LogP contribution < -0.4 is 5.32 Å². The Hall–Kier alpha value is -3.13. The number of amides is 3. The van der Waals surface area contributed by atoms with E-state index in [2.05, 4.69) is 59.5 Å². The van der Waals surface area contributed by atoms with E-state index in [9.17, 15) is 18.0 Å². The first-order chi connectivity index (χ1) is 18.2. The van der Waals surface area contributed by atoms with E-state index in [1.807, 2.05) is 6.07 Å². The van der Waals surface area contributed by atoms with Gasteiger partial charge in [-0.2, -0.15) is 4.31 Å². The molecule has 3 amide bonds. The number of hydrogen-bond acceptors (Lipinski definition) is 5. The molecule has 2 aromatic rings. The van der Waals surface area contributed by atoms with E-state index in [0.29, 0.717) is 39.0 Å². The van der Waals surface area contributed by atoms with Crippen molar-refractivity contribution in [3.8, 4) is 12.3 Å². The van der Waals surface area contributed by atoms with Crippen LogP contribution in [0.15, 0.2) is 42.5 Å². The molecule has 0 unspecified atom stereocenters. The number of fused-ring (bicyclic) bond motifs is 1. The second-order valence-corrected chi connectivity index (χ2v) is 12.0. The Balaban J connectivity index is 1.35. The largest absolute Gasteiger partial charge is 0.338 e. The Morgan fingerprint density at radius 3 is 2.32 bits per heavy atom. The van der Waals surface area contributed by atoms with E-state index in [1.54, 1.807) is 9.80 Å². The van der Waals surface area contributed by atoms with Gasteiger partial charge in [-0.3, -0.25) is 9.69 Å². The number of rotatable bonds is 7. The molecule has 10 heteroatoms. The molecule has 0 aliphatic carbocycles. The molecule has 2 saturated heterocycles. The average molecular weight is 540 g/mol. The van der Waals surface area contributed by atoms with Crippen LogP contribution in [0, 0.1) is 12.3 Å². The third-order valence-electron chi connectivity index (χ3n) is 7.71. The maximum atomic E-state index is 13.1. The summed E-state index contributed by atoms with van der Waals surface area (Å²) < 4.78 is 26.9. The zero-order chi connectivity index (χ0) is 27.3. The standard InChI is InChI=1S/C28H37N5O4S/c1-4-14-29-28(35)32-19-17-31(18-20-32)27(34)21-33(38(3,36)37)24-12-15-30(16-13-24)22(2)25-11-7-9-23-8-5-6-10-26(23)25/h1,5-11,22,24H,12-21H2,2-3H3,(H,29,35)/t22-/m1/s1. The Bertz CT molecular complexity index is 1290. The number of sulfonamides is 1. The highest BCUT2D eigenvalue weighted by Gasteiger charge is 2.35. The third-order valence-corrected chi connectivity index (χ3v) is 8.99. The van der Waals surface area contributed by atoms with Gasteiger partial charge < -0.3 is 15.1 Å². The molecule has 4 rings (SSSR count). The fourth-order valence-corrected chi connectivity index (χ4v) is 6.62. The monoisotopic (exact) mass is 539 g/mol. The predicted molar refractivity (Wildman–Crippen MR) is 149 cm³/mol. The van der Waals surface area contributed by atoms with E-state index in [0.717, 1.165) is 13.1 Å². The van der Waals surface area contributed by atoms with Gasteiger partial charge in [-0.15, -0.1) is 6.42 Å². The second kappa shape index (κ2) is 12.2. The highest BCUT2D eigenvalue weighted by atomic mass is 32.2. The SMILES string of the molecule is C#CCNC(=O)N1CCN(C(=O)CN(C2CCN([C@H](C)c3cccc4ccccc34)CC2)S(C)(=O)=O)CC1. The van der Waals surface area contributed by atoms with Crippen LogP contribution in [0.2, 0.25) is 0 Å². The summed E-state index contributed by atoms with van der Waals surface area (Å²) in [6, 6.07) is 14.5. The van der Waals surface area contributed by atoms with Crippen molar-refractivity contribution in [3.05, 3.63) is 48.0 Å². The van der Waals surface area contributed by atoms with Crippen LogP contribution in [0.1, 0.15) is 31.4 Å². The first kappa shape index (κ1) is 27.9. The van der Waals surface area contributed by atoms with E-state index < -0.39 is 10.0 Å². The molecule has 0 saturated carbocycles. The molecule has 2 heterocycles. The molecular formula is C28H37N5O4S. The highest BCUT2D eigenvalue weighted by molar-refractivity contribution is 7.88. The summed E-state index contributed by atoms with van der Waals surface area (Å²) in [4.78, 5) is 30.8. The third kappa shape index (κ3) is 6.46. The van der Waals surface area contributed by atoms with Gasteiger partial charge in [0.1, 0.15) is 0 Å².